The minimum absolute atomic E-state index is 0.148. The van der Waals surface area contributed by atoms with Gasteiger partial charge in [-0.2, -0.15) is 0 Å². The number of halogens is 1. The molecule has 140 valence electrons. The molecule has 0 saturated carbocycles. The number of benzene rings is 2. The van der Waals surface area contributed by atoms with Crippen LogP contribution >= 0.6 is 15.9 Å². The molecule has 0 radical (unpaired) electrons. The minimum atomic E-state index is -0.761. The maximum Gasteiger partial charge on any atom is 0.299 e. The quantitative estimate of drug-likeness (QED) is 0.366. The first-order valence-corrected chi connectivity index (χ1v) is 9.42. The largest absolute Gasteiger partial charge is 0.342 e. The lowest BCUT2D eigenvalue weighted by Gasteiger charge is -2.05. The summed E-state index contributed by atoms with van der Waals surface area (Å²) < 4.78 is 7.93. The normalized spacial score (nSPS) is 10.9. The van der Waals surface area contributed by atoms with Crippen LogP contribution in [0.25, 0.3) is 10.9 Å². The van der Waals surface area contributed by atoms with Crippen LogP contribution in [0.3, 0.4) is 0 Å². The summed E-state index contributed by atoms with van der Waals surface area (Å²) in [6, 6.07) is 17.1. The van der Waals surface area contributed by atoms with E-state index in [1.165, 1.54) is 0 Å². The first-order chi connectivity index (χ1) is 13.5. The topological polar surface area (TPSA) is 77.1 Å². The molecule has 0 unspecified atom stereocenters. The van der Waals surface area contributed by atoms with E-state index in [1.54, 1.807) is 19.2 Å². The highest BCUT2D eigenvalue weighted by atomic mass is 79.9. The molecule has 0 spiro atoms. The van der Waals surface area contributed by atoms with Crippen LogP contribution in [0, 0.1) is 6.92 Å². The number of para-hydroxylation sites is 1. The predicted molar refractivity (Wildman–Crippen MR) is 109 cm³/mol. The van der Waals surface area contributed by atoms with Crippen molar-refractivity contribution in [3.8, 4) is 0 Å². The third kappa shape index (κ3) is 3.61. The molecule has 2 heterocycles. The Bertz CT molecular complexity index is 1180. The van der Waals surface area contributed by atoms with E-state index in [1.807, 2.05) is 53.1 Å². The van der Waals surface area contributed by atoms with Crippen molar-refractivity contribution in [2.75, 3.05) is 5.32 Å². The number of fused-ring (bicyclic) bond motifs is 1. The molecule has 4 rings (SSSR count). The number of amides is 1. The van der Waals surface area contributed by atoms with Crippen LogP contribution in [0.4, 0.5) is 5.88 Å². The SMILES string of the molecule is Cc1cc(NC(=O)C(=O)c2cn(Cc3ccc(Br)cc3)c3ccccc23)on1. The second kappa shape index (κ2) is 7.44. The molecule has 0 aliphatic carbocycles. The number of aromatic nitrogens is 2. The van der Waals surface area contributed by atoms with E-state index in [-0.39, 0.29) is 5.88 Å². The number of hydrogen-bond donors (Lipinski definition) is 1. The zero-order chi connectivity index (χ0) is 19.7. The van der Waals surface area contributed by atoms with Crippen LogP contribution < -0.4 is 5.32 Å². The minimum Gasteiger partial charge on any atom is -0.342 e. The number of hydrogen-bond acceptors (Lipinski definition) is 4. The van der Waals surface area contributed by atoms with Gasteiger partial charge in [0.25, 0.3) is 11.7 Å². The average molecular weight is 438 g/mol. The fraction of sp³-hybridized carbons (Fsp3) is 0.0952. The van der Waals surface area contributed by atoms with Crippen LogP contribution in [-0.4, -0.2) is 21.4 Å². The summed E-state index contributed by atoms with van der Waals surface area (Å²) in [6.45, 7) is 2.32. The van der Waals surface area contributed by atoms with Crippen molar-refractivity contribution in [1.82, 2.24) is 9.72 Å². The predicted octanol–water partition coefficient (Wildman–Crippen LogP) is 4.57. The molecule has 0 fully saturated rings. The van der Waals surface area contributed by atoms with Crippen LogP contribution in [0.15, 0.2) is 69.8 Å². The van der Waals surface area contributed by atoms with E-state index < -0.39 is 11.7 Å². The number of ketones is 1. The van der Waals surface area contributed by atoms with Crippen molar-refractivity contribution in [2.45, 2.75) is 13.5 Å². The Kier molecular flexibility index (Phi) is 4.83. The fourth-order valence-electron chi connectivity index (χ4n) is 3.06. The molecule has 0 saturated heterocycles. The molecule has 2 aromatic carbocycles. The van der Waals surface area contributed by atoms with E-state index >= 15 is 0 Å². The highest BCUT2D eigenvalue weighted by Gasteiger charge is 2.22. The highest BCUT2D eigenvalue weighted by molar-refractivity contribution is 9.10. The molecular formula is C21H16BrN3O3. The van der Waals surface area contributed by atoms with E-state index in [0.29, 0.717) is 17.8 Å². The Labute approximate surface area is 169 Å². The highest BCUT2D eigenvalue weighted by Crippen LogP contribution is 2.24. The van der Waals surface area contributed by atoms with Gasteiger partial charge in [0.2, 0.25) is 5.88 Å². The van der Waals surface area contributed by atoms with Crippen LogP contribution in [-0.2, 0) is 11.3 Å². The van der Waals surface area contributed by atoms with Gasteiger partial charge in [-0.25, -0.2) is 0 Å². The van der Waals surface area contributed by atoms with Crippen molar-refractivity contribution >= 4 is 44.4 Å². The summed E-state index contributed by atoms with van der Waals surface area (Å²) in [6.07, 6.45) is 1.72. The standard InChI is InChI=1S/C21H16BrN3O3/c1-13-10-19(28-24-13)23-21(27)20(26)17-12-25(18-5-3-2-4-16(17)18)11-14-6-8-15(22)9-7-14/h2-10,12H,11H2,1H3,(H,23,27). The van der Waals surface area contributed by atoms with Crippen molar-refractivity contribution in [2.24, 2.45) is 0 Å². The number of nitrogens with zero attached hydrogens (tertiary/aromatic N) is 2. The molecule has 0 aliphatic rings. The summed E-state index contributed by atoms with van der Waals surface area (Å²) in [5.74, 6) is -1.24. The zero-order valence-corrected chi connectivity index (χ0v) is 16.6. The first kappa shape index (κ1) is 18.2. The number of Topliss-reactive ketones (excluding diaryl/α,β-unsaturated/α-hetero) is 1. The maximum absolute atomic E-state index is 12.8. The third-order valence-corrected chi connectivity index (χ3v) is 4.90. The van der Waals surface area contributed by atoms with Crippen molar-refractivity contribution in [3.63, 3.8) is 0 Å². The van der Waals surface area contributed by atoms with Crippen LogP contribution in [0.1, 0.15) is 21.6 Å². The molecule has 1 amide bonds. The van der Waals surface area contributed by atoms with Crippen LogP contribution in [0.5, 0.6) is 0 Å². The summed E-state index contributed by atoms with van der Waals surface area (Å²) in [5.41, 5.74) is 2.94. The van der Waals surface area contributed by atoms with Gasteiger partial charge in [-0.15, -0.1) is 0 Å². The Hall–Kier alpha value is -3.19. The number of nitrogens with one attached hydrogen (secondary N) is 1. The molecule has 28 heavy (non-hydrogen) atoms. The van der Waals surface area contributed by atoms with Gasteiger partial charge in [0.1, 0.15) is 0 Å². The van der Waals surface area contributed by atoms with Crippen molar-refractivity contribution in [3.05, 3.63) is 82.1 Å². The molecule has 0 bridgehead atoms. The lowest BCUT2D eigenvalue weighted by Crippen LogP contribution is -2.22. The summed E-state index contributed by atoms with van der Waals surface area (Å²) in [4.78, 5) is 25.2. The second-order valence-electron chi connectivity index (χ2n) is 6.43. The molecule has 1 N–H and O–H groups in total. The van der Waals surface area contributed by atoms with Crippen molar-refractivity contribution < 1.29 is 14.1 Å². The second-order valence-corrected chi connectivity index (χ2v) is 7.35. The van der Waals surface area contributed by atoms with Gasteiger partial charge in [-0.05, 0) is 30.7 Å². The lowest BCUT2D eigenvalue weighted by molar-refractivity contribution is -0.112. The molecule has 0 atom stereocenters. The number of aryl methyl sites for hydroxylation is 1. The number of anilines is 1. The average Bonchev–Trinajstić information content (AvgIpc) is 3.27. The Morgan fingerprint density at radius 1 is 1.14 bits per heavy atom. The molecule has 7 heteroatoms. The monoisotopic (exact) mass is 437 g/mol. The van der Waals surface area contributed by atoms with Gasteiger partial charge in [-0.3, -0.25) is 14.9 Å². The van der Waals surface area contributed by atoms with E-state index in [2.05, 4.69) is 26.4 Å². The summed E-state index contributed by atoms with van der Waals surface area (Å²) in [5, 5.41) is 6.89. The molecular weight excluding hydrogens is 422 g/mol. The zero-order valence-electron chi connectivity index (χ0n) is 15.0. The Morgan fingerprint density at radius 2 is 1.89 bits per heavy atom. The molecule has 0 aliphatic heterocycles. The van der Waals surface area contributed by atoms with Crippen LogP contribution in [0.2, 0.25) is 0 Å². The maximum atomic E-state index is 12.8. The van der Waals surface area contributed by atoms with Gasteiger partial charge >= 0.3 is 0 Å². The molecule has 6 nitrogen and oxygen atoms in total. The van der Waals surface area contributed by atoms with Gasteiger partial charge in [0.15, 0.2) is 0 Å². The smallest absolute Gasteiger partial charge is 0.299 e. The van der Waals surface area contributed by atoms with Gasteiger partial charge in [-0.1, -0.05) is 51.4 Å². The van der Waals surface area contributed by atoms with Crippen molar-refractivity contribution in [1.29, 1.82) is 0 Å². The Balaban J connectivity index is 1.66. The first-order valence-electron chi connectivity index (χ1n) is 8.62. The van der Waals surface area contributed by atoms with Gasteiger partial charge in [0.05, 0.1) is 11.3 Å². The van der Waals surface area contributed by atoms with E-state index in [4.69, 9.17) is 4.52 Å². The summed E-state index contributed by atoms with van der Waals surface area (Å²) >= 11 is 3.43. The number of carbonyl (C=O) groups excluding carboxylic acids is 2. The lowest BCUT2D eigenvalue weighted by atomic mass is 10.1. The van der Waals surface area contributed by atoms with E-state index in [9.17, 15) is 9.59 Å². The van der Waals surface area contributed by atoms with Gasteiger partial charge in [0, 0.05) is 34.2 Å². The number of carbonyl (C=O) groups is 2. The van der Waals surface area contributed by atoms with Gasteiger partial charge < -0.3 is 9.09 Å². The molecule has 4 aromatic rings. The summed E-state index contributed by atoms with van der Waals surface area (Å²) in [7, 11) is 0. The number of rotatable bonds is 5. The fourth-order valence-corrected chi connectivity index (χ4v) is 3.32. The molecule has 2 aromatic heterocycles. The third-order valence-electron chi connectivity index (χ3n) is 4.37. The van der Waals surface area contributed by atoms with E-state index in [0.717, 1.165) is 20.9 Å². The Morgan fingerprint density at radius 3 is 2.61 bits per heavy atom.